The predicted molar refractivity (Wildman–Crippen MR) is 89.9 cm³/mol. The van der Waals surface area contributed by atoms with Crippen molar-refractivity contribution in [2.75, 3.05) is 13.2 Å². The molecule has 1 fully saturated rings. The van der Waals surface area contributed by atoms with Crippen LogP contribution in [0.25, 0.3) is 0 Å². The summed E-state index contributed by atoms with van der Waals surface area (Å²) in [6, 6.07) is 13.6. The van der Waals surface area contributed by atoms with E-state index < -0.39 is 0 Å². The molecule has 1 aromatic carbocycles. The molecule has 4 N–H and O–H groups in total. The minimum Gasteiger partial charge on any atom is -0.469 e. The second-order valence-electron chi connectivity index (χ2n) is 6.12. The van der Waals surface area contributed by atoms with Crippen LogP contribution in [0.1, 0.15) is 23.8 Å². The third kappa shape index (κ3) is 4.23. The lowest BCUT2D eigenvalue weighted by Crippen LogP contribution is -2.45. The Balaban J connectivity index is 1.47. The van der Waals surface area contributed by atoms with Crippen LogP contribution in [0.5, 0.6) is 0 Å². The highest BCUT2D eigenvalue weighted by Crippen LogP contribution is 2.21. The number of benzene rings is 1. The summed E-state index contributed by atoms with van der Waals surface area (Å²) < 4.78 is 5.29. The Kier molecular flexibility index (Phi) is 5.63. The van der Waals surface area contributed by atoms with Crippen molar-refractivity contribution in [3.05, 3.63) is 60.1 Å². The van der Waals surface area contributed by atoms with Crippen LogP contribution in [0.4, 0.5) is 0 Å². The van der Waals surface area contributed by atoms with Crippen LogP contribution in [0, 0.1) is 5.92 Å². The first kappa shape index (κ1) is 16.7. The van der Waals surface area contributed by atoms with E-state index in [1.54, 1.807) is 6.26 Å². The molecule has 1 aliphatic heterocycles. The van der Waals surface area contributed by atoms with Gasteiger partial charge in [-0.3, -0.25) is 4.79 Å². The fraction of sp³-hybridized carbons (Fsp3) is 0.389. The van der Waals surface area contributed by atoms with Crippen molar-refractivity contribution in [2.24, 2.45) is 5.92 Å². The van der Waals surface area contributed by atoms with Crippen molar-refractivity contribution in [1.29, 1.82) is 0 Å². The number of nitrogens with one attached hydrogen (secondary N) is 3. The molecule has 3 rings (SSSR count). The second-order valence-corrected chi connectivity index (χ2v) is 6.12. The van der Waals surface area contributed by atoms with Crippen LogP contribution < -0.4 is 16.2 Å². The number of rotatable bonds is 7. The molecule has 0 aliphatic carbocycles. The Morgan fingerprint density at radius 1 is 1.25 bits per heavy atom. The highest BCUT2D eigenvalue weighted by atomic mass is 16.3. The van der Waals surface area contributed by atoms with Crippen molar-refractivity contribution >= 4 is 5.91 Å². The summed E-state index contributed by atoms with van der Waals surface area (Å²) in [5, 5.41) is 12.4. The SMILES string of the molecule is O=C(NCC(CO)Cc1ccco1)C1CC(c2ccccc2)NN1. The lowest BCUT2D eigenvalue weighted by Gasteiger charge is -2.16. The summed E-state index contributed by atoms with van der Waals surface area (Å²) in [5.74, 6) is 0.700. The molecular weight excluding hydrogens is 306 g/mol. The summed E-state index contributed by atoms with van der Waals surface area (Å²) in [6.45, 7) is 0.425. The van der Waals surface area contributed by atoms with Gasteiger partial charge in [-0.25, -0.2) is 10.9 Å². The molecule has 1 amide bonds. The van der Waals surface area contributed by atoms with E-state index in [4.69, 9.17) is 4.42 Å². The Morgan fingerprint density at radius 2 is 2.08 bits per heavy atom. The van der Waals surface area contributed by atoms with Gasteiger partial charge in [0.05, 0.1) is 6.26 Å². The van der Waals surface area contributed by atoms with Gasteiger partial charge in [0.1, 0.15) is 11.8 Å². The van der Waals surface area contributed by atoms with E-state index in [0.717, 1.165) is 11.3 Å². The minimum atomic E-state index is -0.279. The van der Waals surface area contributed by atoms with Gasteiger partial charge in [-0.2, -0.15) is 0 Å². The van der Waals surface area contributed by atoms with Crippen molar-refractivity contribution in [2.45, 2.75) is 24.9 Å². The summed E-state index contributed by atoms with van der Waals surface area (Å²) >= 11 is 0. The van der Waals surface area contributed by atoms with E-state index in [1.807, 2.05) is 42.5 Å². The molecule has 2 heterocycles. The van der Waals surface area contributed by atoms with Crippen LogP contribution >= 0.6 is 0 Å². The Hall–Kier alpha value is -2.15. The van der Waals surface area contributed by atoms with E-state index >= 15 is 0 Å². The van der Waals surface area contributed by atoms with Crippen molar-refractivity contribution in [3.8, 4) is 0 Å². The van der Waals surface area contributed by atoms with Gasteiger partial charge in [0.2, 0.25) is 5.91 Å². The van der Waals surface area contributed by atoms with E-state index in [2.05, 4.69) is 16.2 Å². The van der Waals surface area contributed by atoms with Gasteiger partial charge in [-0.05, 0) is 24.1 Å². The third-order valence-corrected chi connectivity index (χ3v) is 4.31. The predicted octanol–water partition coefficient (Wildman–Crippen LogP) is 1.15. The van der Waals surface area contributed by atoms with Gasteiger partial charge in [0.15, 0.2) is 0 Å². The van der Waals surface area contributed by atoms with Gasteiger partial charge in [-0.1, -0.05) is 30.3 Å². The number of aliphatic hydroxyl groups excluding tert-OH is 1. The van der Waals surface area contributed by atoms with Gasteiger partial charge in [0, 0.05) is 31.5 Å². The molecule has 1 saturated heterocycles. The molecule has 3 atom stereocenters. The molecule has 1 aromatic heterocycles. The molecule has 128 valence electrons. The van der Waals surface area contributed by atoms with E-state index in [9.17, 15) is 9.90 Å². The van der Waals surface area contributed by atoms with Crippen LogP contribution in [-0.4, -0.2) is 30.2 Å². The van der Waals surface area contributed by atoms with Gasteiger partial charge in [-0.15, -0.1) is 0 Å². The zero-order chi connectivity index (χ0) is 16.8. The van der Waals surface area contributed by atoms with E-state index in [1.165, 1.54) is 0 Å². The summed E-state index contributed by atoms with van der Waals surface area (Å²) in [7, 11) is 0. The first-order chi connectivity index (χ1) is 11.8. The standard InChI is InChI=1S/C18H23N3O3/c22-12-13(9-15-7-4-8-24-15)11-19-18(23)17-10-16(20-21-17)14-5-2-1-3-6-14/h1-8,13,16-17,20-22H,9-12H2,(H,19,23). The topological polar surface area (TPSA) is 86.5 Å². The fourth-order valence-corrected chi connectivity index (χ4v) is 2.91. The maximum atomic E-state index is 12.3. The quantitative estimate of drug-likeness (QED) is 0.612. The van der Waals surface area contributed by atoms with Crippen molar-refractivity contribution in [3.63, 3.8) is 0 Å². The number of amides is 1. The van der Waals surface area contributed by atoms with Gasteiger partial charge < -0.3 is 14.8 Å². The number of carbonyl (C=O) groups excluding carboxylic acids is 1. The zero-order valence-corrected chi connectivity index (χ0v) is 13.4. The zero-order valence-electron chi connectivity index (χ0n) is 13.4. The third-order valence-electron chi connectivity index (χ3n) is 4.31. The number of carbonyl (C=O) groups is 1. The fourth-order valence-electron chi connectivity index (χ4n) is 2.91. The monoisotopic (exact) mass is 329 g/mol. The number of hydrazine groups is 1. The highest BCUT2D eigenvalue weighted by Gasteiger charge is 2.30. The molecular formula is C18H23N3O3. The average molecular weight is 329 g/mol. The number of aliphatic hydroxyl groups is 1. The molecule has 2 aromatic rings. The molecule has 0 bridgehead atoms. The van der Waals surface area contributed by atoms with Gasteiger partial charge in [0.25, 0.3) is 0 Å². The molecule has 0 spiro atoms. The Bertz CT molecular complexity index is 630. The molecule has 0 saturated carbocycles. The van der Waals surface area contributed by atoms with Crippen LogP contribution in [0.3, 0.4) is 0 Å². The molecule has 3 unspecified atom stereocenters. The average Bonchev–Trinajstić information content (AvgIpc) is 3.31. The van der Waals surface area contributed by atoms with Crippen LogP contribution in [0.2, 0.25) is 0 Å². The van der Waals surface area contributed by atoms with Crippen LogP contribution in [-0.2, 0) is 11.2 Å². The number of hydrogen-bond acceptors (Lipinski definition) is 5. The van der Waals surface area contributed by atoms with Gasteiger partial charge >= 0.3 is 0 Å². The van der Waals surface area contributed by atoms with Crippen LogP contribution in [0.15, 0.2) is 53.1 Å². The number of furan rings is 1. The van der Waals surface area contributed by atoms with Crippen molar-refractivity contribution in [1.82, 2.24) is 16.2 Å². The smallest absolute Gasteiger partial charge is 0.238 e. The first-order valence-electron chi connectivity index (χ1n) is 8.23. The lowest BCUT2D eigenvalue weighted by molar-refractivity contribution is -0.123. The molecule has 6 nitrogen and oxygen atoms in total. The minimum absolute atomic E-state index is 0.00393. The van der Waals surface area contributed by atoms with E-state index in [0.29, 0.717) is 19.4 Å². The molecule has 0 radical (unpaired) electrons. The molecule has 1 aliphatic rings. The van der Waals surface area contributed by atoms with E-state index in [-0.39, 0.29) is 30.5 Å². The summed E-state index contributed by atoms with van der Waals surface area (Å²) in [6.07, 6.45) is 2.91. The number of hydrogen-bond donors (Lipinski definition) is 4. The second kappa shape index (κ2) is 8.10. The van der Waals surface area contributed by atoms with Crippen molar-refractivity contribution < 1.29 is 14.3 Å². The maximum absolute atomic E-state index is 12.3. The maximum Gasteiger partial charge on any atom is 0.238 e. The summed E-state index contributed by atoms with van der Waals surface area (Å²) in [4.78, 5) is 12.3. The largest absolute Gasteiger partial charge is 0.469 e. The molecule has 24 heavy (non-hydrogen) atoms. The first-order valence-corrected chi connectivity index (χ1v) is 8.23. The Morgan fingerprint density at radius 3 is 2.79 bits per heavy atom. The molecule has 6 heteroatoms. The Labute approximate surface area is 141 Å². The lowest BCUT2D eigenvalue weighted by atomic mass is 10.0. The summed E-state index contributed by atoms with van der Waals surface area (Å²) in [5.41, 5.74) is 7.37. The highest BCUT2D eigenvalue weighted by molar-refractivity contribution is 5.82. The normalized spacial score (nSPS) is 21.5.